The van der Waals surface area contributed by atoms with Crippen LogP contribution in [0.4, 0.5) is 11.4 Å². The first-order chi connectivity index (χ1) is 20.2. The molecule has 11 heteroatoms. The molecule has 1 saturated heterocycles. The van der Waals surface area contributed by atoms with Gasteiger partial charge < -0.3 is 24.8 Å². The summed E-state index contributed by atoms with van der Waals surface area (Å²) in [6.45, 7) is 6.22. The zero-order chi connectivity index (χ0) is 30.0. The average Bonchev–Trinajstić information content (AvgIpc) is 3.47. The minimum absolute atomic E-state index is 0.0614. The van der Waals surface area contributed by atoms with Crippen LogP contribution >= 0.6 is 12.2 Å². The van der Waals surface area contributed by atoms with Gasteiger partial charge in [0.1, 0.15) is 11.4 Å². The maximum Gasteiger partial charge on any atom is 0.296 e. The average molecular weight is 585 g/mol. The van der Waals surface area contributed by atoms with Gasteiger partial charge in [0.25, 0.3) is 5.69 Å². The van der Waals surface area contributed by atoms with E-state index in [1.807, 2.05) is 78.8 Å². The number of hydrogen-bond donors (Lipinski definition) is 2. The van der Waals surface area contributed by atoms with E-state index in [4.69, 9.17) is 17.0 Å². The Morgan fingerprint density at radius 3 is 2.55 bits per heavy atom. The molecule has 0 bridgehead atoms. The topological polar surface area (TPSA) is 115 Å². The number of carbonyl (C=O) groups excluding carboxylic acids is 1. The summed E-state index contributed by atoms with van der Waals surface area (Å²) in [5.41, 5.74) is 5.61. The van der Waals surface area contributed by atoms with E-state index in [0.29, 0.717) is 23.1 Å². The van der Waals surface area contributed by atoms with Crippen LogP contribution in [-0.4, -0.2) is 44.0 Å². The molecule has 2 aromatic heterocycles. The molecule has 5 rings (SSSR count). The maximum absolute atomic E-state index is 12.9. The third kappa shape index (κ3) is 5.68. The number of aryl methyl sites for hydroxylation is 2. The van der Waals surface area contributed by atoms with Crippen LogP contribution in [0.15, 0.2) is 72.9 Å². The first kappa shape index (κ1) is 28.7. The molecule has 0 saturated carbocycles. The second-order valence-electron chi connectivity index (χ2n) is 10.3. The molecule has 1 fully saturated rings. The monoisotopic (exact) mass is 584 g/mol. The number of benzene rings is 2. The van der Waals surface area contributed by atoms with Crippen molar-refractivity contribution in [2.24, 2.45) is 0 Å². The first-order valence-corrected chi connectivity index (χ1v) is 13.9. The number of rotatable bonds is 9. The summed E-state index contributed by atoms with van der Waals surface area (Å²) in [7, 11) is 1.48. The molecule has 10 nitrogen and oxygen atoms in total. The summed E-state index contributed by atoms with van der Waals surface area (Å²) in [6, 6.07) is 19.6. The Hall–Kier alpha value is -4.77. The fraction of sp³-hybridized carbons (Fsp3) is 0.258. The van der Waals surface area contributed by atoms with Gasteiger partial charge in [0, 0.05) is 36.2 Å². The second kappa shape index (κ2) is 12.0. The van der Waals surface area contributed by atoms with Crippen molar-refractivity contribution in [2.45, 2.75) is 39.3 Å². The van der Waals surface area contributed by atoms with Gasteiger partial charge in [-0.3, -0.25) is 19.9 Å². The van der Waals surface area contributed by atoms with Crippen molar-refractivity contribution in [3.8, 4) is 11.4 Å². The molecular weight excluding hydrogens is 552 g/mol. The Kier molecular flexibility index (Phi) is 8.21. The number of nitro groups is 1. The number of amides is 1. The lowest BCUT2D eigenvalue weighted by Gasteiger charge is -2.28. The van der Waals surface area contributed by atoms with Crippen molar-refractivity contribution in [1.82, 2.24) is 19.8 Å². The lowest BCUT2D eigenvalue weighted by molar-refractivity contribution is -0.384. The van der Waals surface area contributed by atoms with Gasteiger partial charge in [-0.25, -0.2) is 0 Å². The van der Waals surface area contributed by atoms with Crippen LogP contribution in [0.3, 0.4) is 0 Å². The Morgan fingerprint density at radius 1 is 1.12 bits per heavy atom. The maximum atomic E-state index is 12.9. The molecule has 216 valence electrons. The van der Waals surface area contributed by atoms with Gasteiger partial charge in [0.05, 0.1) is 35.9 Å². The molecule has 0 aliphatic carbocycles. The lowest BCUT2D eigenvalue weighted by atomic mass is 9.96. The molecule has 2 unspecified atom stereocenters. The van der Waals surface area contributed by atoms with Crippen LogP contribution in [0.1, 0.15) is 46.7 Å². The molecule has 4 aromatic rings. The van der Waals surface area contributed by atoms with Crippen LogP contribution in [0.2, 0.25) is 0 Å². The number of ether oxygens (including phenoxy) is 1. The van der Waals surface area contributed by atoms with Gasteiger partial charge in [0.15, 0.2) is 5.11 Å². The van der Waals surface area contributed by atoms with Crippen molar-refractivity contribution in [3.05, 3.63) is 111 Å². The van der Waals surface area contributed by atoms with Gasteiger partial charge >= 0.3 is 0 Å². The molecule has 2 atom stereocenters. The Morgan fingerprint density at radius 2 is 1.88 bits per heavy atom. The van der Waals surface area contributed by atoms with Gasteiger partial charge in [0.2, 0.25) is 5.91 Å². The van der Waals surface area contributed by atoms with Gasteiger partial charge in [-0.05, 0) is 81.0 Å². The highest BCUT2D eigenvalue weighted by molar-refractivity contribution is 7.80. The van der Waals surface area contributed by atoms with E-state index in [-0.39, 0.29) is 30.1 Å². The summed E-state index contributed by atoms with van der Waals surface area (Å²) in [4.78, 5) is 31.2. The van der Waals surface area contributed by atoms with Crippen molar-refractivity contribution < 1.29 is 14.5 Å². The van der Waals surface area contributed by atoms with E-state index in [1.165, 1.54) is 13.2 Å². The normalized spacial score (nSPS) is 16.3. The SMILES string of the molecule is COc1ccc(-n2c(C)cc(C3C(c4ccccn4)NC(=S)N3CCC(=O)Nc3ccc(C)cc3)c2C)c([N+](=O)[O-])c1. The molecule has 0 spiro atoms. The van der Waals surface area contributed by atoms with Crippen LogP contribution < -0.4 is 15.4 Å². The summed E-state index contributed by atoms with van der Waals surface area (Å²) >= 11 is 5.79. The predicted octanol–water partition coefficient (Wildman–Crippen LogP) is 5.72. The summed E-state index contributed by atoms with van der Waals surface area (Å²) < 4.78 is 7.12. The number of thiocarbonyl (C=S) groups is 1. The number of nitrogens with zero attached hydrogens (tertiary/aromatic N) is 4. The number of hydrogen-bond acceptors (Lipinski definition) is 6. The van der Waals surface area contributed by atoms with E-state index in [9.17, 15) is 14.9 Å². The predicted molar refractivity (Wildman–Crippen MR) is 165 cm³/mol. The zero-order valence-corrected chi connectivity index (χ0v) is 24.6. The zero-order valence-electron chi connectivity index (χ0n) is 23.8. The fourth-order valence-electron chi connectivity index (χ4n) is 5.49. The van der Waals surface area contributed by atoms with E-state index < -0.39 is 4.92 Å². The van der Waals surface area contributed by atoms with Gasteiger partial charge in [-0.2, -0.15) is 0 Å². The number of anilines is 1. The second-order valence-corrected chi connectivity index (χ2v) is 10.6. The lowest BCUT2D eigenvalue weighted by Crippen LogP contribution is -2.32. The number of methoxy groups -OCH3 is 1. The minimum atomic E-state index is -0.404. The molecule has 1 aliphatic rings. The van der Waals surface area contributed by atoms with Crippen molar-refractivity contribution >= 4 is 34.6 Å². The van der Waals surface area contributed by atoms with Crippen LogP contribution in [0.25, 0.3) is 5.69 Å². The standard InChI is InChI=1S/C31H32N6O4S/c1-19-8-10-22(11-9-19)33-28(38)14-16-35-30(29(34-31(35)42)25-7-5-6-15-32-25)24-17-20(2)36(21(24)3)26-13-12-23(41-4)18-27(26)37(39)40/h5-13,15,17-18,29-30H,14,16H2,1-4H3,(H,33,38)(H,34,42). The van der Waals surface area contributed by atoms with Gasteiger partial charge in [-0.15, -0.1) is 0 Å². The van der Waals surface area contributed by atoms with Gasteiger partial charge in [-0.1, -0.05) is 23.8 Å². The molecule has 0 radical (unpaired) electrons. The first-order valence-electron chi connectivity index (χ1n) is 13.5. The van der Waals surface area contributed by atoms with Crippen LogP contribution in [-0.2, 0) is 4.79 Å². The third-order valence-electron chi connectivity index (χ3n) is 7.52. The molecular formula is C31H32N6O4S. The molecule has 2 N–H and O–H groups in total. The highest BCUT2D eigenvalue weighted by Crippen LogP contribution is 2.42. The van der Waals surface area contributed by atoms with E-state index >= 15 is 0 Å². The highest BCUT2D eigenvalue weighted by atomic mass is 32.1. The summed E-state index contributed by atoms with van der Waals surface area (Å²) in [5, 5.41) is 18.9. The smallest absolute Gasteiger partial charge is 0.296 e. The summed E-state index contributed by atoms with van der Waals surface area (Å²) in [5.74, 6) is 0.282. The summed E-state index contributed by atoms with van der Waals surface area (Å²) in [6.07, 6.45) is 1.95. The number of carbonyl (C=O) groups is 1. The number of aromatic nitrogens is 2. The largest absolute Gasteiger partial charge is 0.496 e. The van der Waals surface area contributed by atoms with Crippen LogP contribution in [0.5, 0.6) is 5.75 Å². The third-order valence-corrected chi connectivity index (χ3v) is 7.87. The number of pyridine rings is 1. The van der Waals surface area contributed by atoms with Crippen molar-refractivity contribution in [3.63, 3.8) is 0 Å². The Balaban J connectivity index is 1.51. The molecule has 1 amide bonds. The van der Waals surface area contributed by atoms with Crippen LogP contribution in [0, 0.1) is 30.9 Å². The molecule has 2 aromatic carbocycles. The van der Waals surface area contributed by atoms with Crippen molar-refractivity contribution in [1.29, 1.82) is 0 Å². The quantitative estimate of drug-likeness (QED) is 0.146. The Bertz CT molecular complexity index is 1640. The Labute approximate surface area is 249 Å². The van der Waals surface area contributed by atoms with E-state index in [2.05, 4.69) is 15.6 Å². The highest BCUT2D eigenvalue weighted by Gasteiger charge is 2.41. The van der Waals surface area contributed by atoms with E-state index in [1.54, 1.807) is 18.3 Å². The molecule has 42 heavy (non-hydrogen) atoms. The fourth-order valence-corrected chi connectivity index (χ4v) is 5.82. The van der Waals surface area contributed by atoms with E-state index in [0.717, 1.165) is 33.9 Å². The molecule has 1 aliphatic heterocycles. The van der Waals surface area contributed by atoms with Crippen molar-refractivity contribution in [2.75, 3.05) is 19.0 Å². The minimum Gasteiger partial charge on any atom is -0.496 e. The number of nitrogens with one attached hydrogen (secondary N) is 2. The number of nitro benzene ring substituents is 1. The molecule has 3 heterocycles.